The Kier molecular flexibility index (Phi) is 7.96. The molecule has 0 saturated carbocycles. The Morgan fingerprint density at radius 1 is 1.06 bits per heavy atom. The van der Waals surface area contributed by atoms with E-state index in [0.717, 1.165) is 11.1 Å². The quantitative estimate of drug-likeness (QED) is 0.438. The number of hydrogen-bond acceptors (Lipinski definition) is 6. The number of benzene rings is 2. The molecule has 33 heavy (non-hydrogen) atoms. The van der Waals surface area contributed by atoms with E-state index in [1.54, 1.807) is 24.6 Å². The van der Waals surface area contributed by atoms with Crippen LogP contribution in [0, 0.1) is 6.92 Å². The van der Waals surface area contributed by atoms with Gasteiger partial charge in [0.05, 0.1) is 6.42 Å². The third-order valence-corrected chi connectivity index (χ3v) is 6.21. The first-order valence-corrected chi connectivity index (χ1v) is 11.8. The number of aryl methyl sites for hydroxylation is 2. The van der Waals surface area contributed by atoms with Crippen LogP contribution in [0.5, 0.6) is 0 Å². The molecule has 1 aromatic heterocycles. The van der Waals surface area contributed by atoms with Crippen LogP contribution in [0.1, 0.15) is 23.4 Å². The SMILES string of the molecule is Cc1nc(S(=O)(=O)NCCC(=O)OCC(=O)Nc2ccccc2Cc2ccccc2)cn1C. The van der Waals surface area contributed by atoms with Crippen molar-refractivity contribution in [2.45, 2.75) is 24.8 Å². The molecule has 1 amide bonds. The van der Waals surface area contributed by atoms with E-state index in [-0.39, 0.29) is 18.0 Å². The summed E-state index contributed by atoms with van der Waals surface area (Å²) >= 11 is 0. The number of anilines is 1. The monoisotopic (exact) mass is 470 g/mol. The van der Waals surface area contributed by atoms with Gasteiger partial charge in [0.25, 0.3) is 15.9 Å². The Morgan fingerprint density at radius 3 is 2.45 bits per heavy atom. The smallest absolute Gasteiger partial charge is 0.307 e. The molecule has 0 atom stereocenters. The third kappa shape index (κ3) is 6.99. The second-order valence-electron chi connectivity index (χ2n) is 7.41. The minimum atomic E-state index is -3.83. The first kappa shape index (κ1) is 24.1. The van der Waals surface area contributed by atoms with Crippen molar-refractivity contribution >= 4 is 27.6 Å². The molecule has 0 fully saturated rings. The van der Waals surface area contributed by atoms with Crippen molar-refractivity contribution < 1.29 is 22.7 Å². The summed E-state index contributed by atoms with van der Waals surface area (Å²) in [6.07, 6.45) is 1.81. The van der Waals surface area contributed by atoms with Gasteiger partial charge in [0, 0.05) is 25.5 Å². The van der Waals surface area contributed by atoms with E-state index in [9.17, 15) is 18.0 Å². The van der Waals surface area contributed by atoms with Crippen LogP contribution in [0.3, 0.4) is 0 Å². The molecule has 9 nitrogen and oxygen atoms in total. The zero-order valence-electron chi connectivity index (χ0n) is 18.4. The fourth-order valence-electron chi connectivity index (χ4n) is 3.03. The normalized spacial score (nSPS) is 11.2. The van der Waals surface area contributed by atoms with Crippen LogP contribution < -0.4 is 10.0 Å². The molecule has 3 aromatic rings. The minimum Gasteiger partial charge on any atom is -0.456 e. The van der Waals surface area contributed by atoms with Gasteiger partial charge in [-0.25, -0.2) is 18.1 Å². The summed E-state index contributed by atoms with van der Waals surface area (Å²) in [5, 5.41) is 2.64. The topological polar surface area (TPSA) is 119 Å². The summed E-state index contributed by atoms with van der Waals surface area (Å²) in [4.78, 5) is 28.2. The Morgan fingerprint density at radius 2 is 1.76 bits per heavy atom. The van der Waals surface area contributed by atoms with Crippen LogP contribution >= 0.6 is 0 Å². The molecule has 0 unspecified atom stereocenters. The highest BCUT2D eigenvalue weighted by atomic mass is 32.2. The summed E-state index contributed by atoms with van der Waals surface area (Å²) in [6.45, 7) is 1.05. The van der Waals surface area contributed by atoms with Gasteiger partial charge in [0.1, 0.15) is 5.82 Å². The molecular formula is C23H26N4O5S. The largest absolute Gasteiger partial charge is 0.456 e. The first-order chi connectivity index (χ1) is 15.7. The van der Waals surface area contributed by atoms with Gasteiger partial charge in [-0.1, -0.05) is 48.5 Å². The highest BCUT2D eigenvalue weighted by molar-refractivity contribution is 7.89. The molecule has 0 bridgehead atoms. The van der Waals surface area contributed by atoms with Crippen molar-refractivity contribution in [3.8, 4) is 0 Å². The molecule has 10 heteroatoms. The maximum atomic E-state index is 12.3. The molecule has 0 spiro atoms. The van der Waals surface area contributed by atoms with Crippen molar-refractivity contribution in [3.05, 3.63) is 77.7 Å². The van der Waals surface area contributed by atoms with Gasteiger partial charge in [-0.05, 0) is 30.5 Å². The van der Waals surface area contributed by atoms with Crippen molar-refractivity contribution in [2.24, 2.45) is 7.05 Å². The van der Waals surface area contributed by atoms with Gasteiger partial charge in [-0.15, -0.1) is 0 Å². The number of esters is 1. The van der Waals surface area contributed by atoms with E-state index in [1.165, 1.54) is 6.20 Å². The standard InChI is InChI=1S/C23H26N4O5S/c1-17-25-22(15-27(17)2)33(30,31)24-13-12-23(29)32-16-21(28)26-20-11-7-6-10-19(20)14-18-8-4-3-5-9-18/h3-11,15,24H,12-14,16H2,1-2H3,(H,26,28). The number of carbonyl (C=O) groups excluding carboxylic acids is 2. The number of imidazole rings is 1. The van der Waals surface area contributed by atoms with Gasteiger partial charge >= 0.3 is 5.97 Å². The van der Waals surface area contributed by atoms with Gasteiger partial charge in [0.2, 0.25) is 0 Å². The molecule has 0 aliphatic heterocycles. The van der Waals surface area contributed by atoms with Crippen LogP contribution in [0.15, 0.2) is 65.8 Å². The van der Waals surface area contributed by atoms with E-state index in [0.29, 0.717) is 17.9 Å². The second-order valence-corrected chi connectivity index (χ2v) is 9.13. The maximum absolute atomic E-state index is 12.3. The number of nitrogens with one attached hydrogen (secondary N) is 2. The van der Waals surface area contributed by atoms with Crippen LogP contribution in [-0.2, 0) is 37.8 Å². The molecule has 2 N–H and O–H groups in total. The number of hydrogen-bond donors (Lipinski definition) is 2. The van der Waals surface area contributed by atoms with E-state index < -0.39 is 28.5 Å². The molecular weight excluding hydrogens is 444 g/mol. The number of carbonyl (C=O) groups is 2. The average Bonchev–Trinajstić information content (AvgIpc) is 3.13. The van der Waals surface area contributed by atoms with Crippen molar-refractivity contribution in [1.29, 1.82) is 0 Å². The number of sulfonamides is 1. The molecule has 0 radical (unpaired) electrons. The number of amides is 1. The zero-order chi connectivity index (χ0) is 23.8. The van der Waals surface area contributed by atoms with Crippen LogP contribution in [0.4, 0.5) is 5.69 Å². The molecule has 0 aliphatic carbocycles. The molecule has 0 aliphatic rings. The Balaban J connectivity index is 1.45. The molecule has 2 aromatic carbocycles. The van der Waals surface area contributed by atoms with Crippen molar-refractivity contribution in [3.63, 3.8) is 0 Å². The van der Waals surface area contributed by atoms with E-state index in [4.69, 9.17) is 4.74 Å². The molecule has 0 saturated heterocycles. The Labute approximate surface area is 192 Å². The summed E-state index contributed by atoms with van der Waals surface area (Å²) in [5.74, 6) is -0.623. The molecule has 1 heterocycles. The van der Waals surface area contributed by atoms with Gasteiger partial charge in [-0.3, -0.25) is 9.59 Å². The van der Waals surface area contributed by atoms with Gasteiger partial charge < -0.3 is 14.6 Å². The van der Waals surface area contributed by atoms with Crippen LogP contribution in [0.25, 0.3) is 0 Å². The lowest BCUT2D eigenvalue weighted by molar-refractivity contribution is -0.147. The number of para-hydroxylation sites is 1. The average molecular weight is 471 g/mol. The van der Waals surface area contributed by atoms with Gasteiger partial charge in [-0.2, -0.15) is 0 Å². The predicted octanol–water partition coefficient (Wildman–Crippen LogP) is 2.17. The maximum Gasteiger partial charge on any atom is 0.307 e. The van der Waals surface area contributed by atoms with Crippen LogP contribution in [-0.4, -0.2) is 43.0 Å². The summed E-state index contributed by atoms with van der Waals surface area (Å²) < 4.78 is 33.3. The number of nitrogens with zero attached hydrogens (tertiary/aromatic N) is 2. The number of aromatic nitrogens is 2. The van der Waals surface area contributed by atoms with E-state index >= 15 is 0 Å². The lowest BCUT2D eigenvalue weighted by Gasteiger charge is -2.11. The Bertz CT molecular complexity index is 1200. The minimum absolute atomic E-state index is 0.121. The highest BCUT2D eigenvalue weighted by Gasteiger charge is 2.19. The van der Waals surface area contributed by atoms with Gasteiger partial charge in [0.15, 0.2) is 11.6 Å². The van der Waals surface area contributed by atoms with E-state index in [1.807, 2.05) is 48.5 Å². The Hall–Kier alpha value is -3.50. The fraction of sp³-hybridized carbons (Fsp3) is 0.261. The lowest BCUT2D eigenvalue weighted by atomic mass is 10.0. The second kappa shape index (κ2) is 10.9. The summed E-state index contributed by atoms with van der Waals surface area (Å²) in [6, 6.07) is 17.3. The fourth-order valence-corrected chi connectivity index (χ4v) is 4.10. The third-order valence-electron chi connectivity index (χ3n) is 4.88. The zero-order valence-corrected chi connectivity index (χ0v) is 19.3. The lowest BCUT2D eigenvalue weighted by Crippen LogP contribution is -2.28. The summed E-state index contributed by atoms with van der Waals surface area (Å²) in [5.41, 5.74) is 2.68. The first-order valence-electron chi connectivity index (χ1n) is 10.3. The molecule has 174 valence electrons. The predicted molar refractivity (Wildman–Crippen MR) is 123 cm³/mol. The molecule has 3 rings (SSSR count). The summed E-state index contributed by atoms with van der Waals surface area (Å²) in [7, 11) is -2.14. The van der Waals surface area contributed by atoms with Crippen molar-refractivity contribution in [2.75, 3.05) is 18.5 Å². The highest BCUT2D eigenvalue weighted by Crippen LogP contribution is 2.19. The van der Waals surface area contributed by atoms with Crippen LogP contribution in [0.2, 0.25) is 0 Å². The number of ether oxygens (including phenoxy) is 1. The number of rotatable bonds is 10. The van der Waals surface area contributed by atoms with Crippen molar-refractivity contribution in [1.82, 2.24) is 14.3 Å². The van der Waals surface area contributed by atoms with E-state index in [2.05, 4.69) is 15.0 Å².